The van der Waals surface area contributed by atoms with Crippen LogP contribution >= 0.6 is 11.6 Å². The van der Waals surface area contributed by atoms with Crippen molar-refractivity contribution >= 4 is 29.1 Å². The van der Waals surface area contributed by atoms with Gasteiger partial charge in [0.15, 0.2) is 0 Å². The number of pyridine rings is 1. The van der Waals surface area contributed by atoms with Gasteiger partial charge in [-0.3, -0.25) is 9.59 Å². The van der Waals surface area contributed by atoms with Gasteiger partial charge in [0, 0.05) is 12.2 Å². The number of benzene rings is 1. The van der Waals surface area contributed by atoms with Crippen LogP contribution in [0.3, 0.4) is 0 Å². The smallest absolute Gasteiger partial charge is 0.270 e. The Morgan fingerprint density at radius 3 is 2.58 bits per heavy atom. The molecule has 0 aliphatic heterocycles. The molecule has 0 radical (unpaired) electrons. The fraction of sp³-hybridized carbons (Fsp3) is 0.263. The summed E-state index contributed by atoms with van der Waals surface area (Å²) >= 11 is 6.04. The molecule has 26 heavy (non-hydrogen) atoms. The number of carbonyl (C=O) groups is 2. The molecule has 0 saturated carbocycles. The Labute approximate surface area is 157 Å². The van der Waals surface area contributed by atoms with Crippen LogP contribution in [0.2, 0.25) is 5.02 Å². The van der Waals surface area contributed by atoms with E-state index in [1.165, 1.54) is 0 Å². The van der Waals surface area contributed by atoms with Gasteiger partial charge in [0.05, 0.1) is 21.8 Å². The number of hydrogen-bond donors (Lipinski definition) is 2. The molecule has 2 aromatic rings. The zero-order valence-electron chi connectivity index (χ0n) is 14.8. The zero-order valence-corrected chi connectivity index (χ0v) is 15.6. The first-order valence-electron chi connectivity index (χ1n) is 8.15. The lowest BCUT2D eigenvalue weighted by Gasteiger charge is -2.13. The van der Waals surface area contributed by atoms with Crippen LogP contribution in [0.1, 0.15) is 51.0 Å². The molecule has 0 aliphatic carbocycles. The van der Waals surface area contributed by atoms with Crippen molar-refractivity contribution in [3.8, 4) is 6.07 Å². The van der Waals surface area contributed by atoms with Crippen molar-refractivity contribution in [2.24, 2.45) is 0 Å². The van der Waals surface area contributed by atoms with Gasteiger partial charge in [0.2, 0.25) is 0 Å². The SMILES string of the molecule is CCCNC(=O)c1nc(C)ccc1C(=O)Nc1c(C)ccc(Cl)c1C#N. The number of anilines is 1. The maximum Gasteiger partial charge on any atom is 0.270 e. The lowest BCUT2D eigenvalue weighted by molar-refractivity contribution is 0.0935. The van der Waals surface area contributed by atoms with Crippen molar-refractivity contribution in [3.05, 3.63) is 57.4 Å². The van der Waals surface area contributed by atoms with E-state index < -0.39 is 11.8 Å². The average Bonchev–Trinajstić information content (AvgIpc) is 2.62. The molecular weight excluding hydrogens is 352 g/mol. The molecule has 1 aromatic carbocycles. The van der Waals surface area contributed by atoms with Crippen LogP contribution in [0.15, 0.2) is 24.3 Å². The predicted molar refractivity (Wildman–Crippen MR) is 100 cm³/mol. The Hall–Kier alpha value is -2.91. The molecule has 0 unspecified atom stereocenters. The summed E-state index contributed by atoms with van der Waals surface area (Å²) in [5, 5.41) is 15.0. The number of nitrogens with zero attached hydrogens (tertiary/aromatic N) is 2. The topological polar surface area (TPSA) is 94.9 Å². The van der Waals surface area contributed by atoms with Gasteiger partial charge in [0.1, 0.15) is 11.8 Å². The lowest BCUT2D eigenvalue weighted by Crippen LogP contribution is -2.28. The lowest BCUT2D eigenvalue weighted by atomic mass is 10.1. The van der Waals surface area contributed by atoms with E-state index in [9.17, 15) is 14.9 Å². The second-order valence-electron chi connectivity index (χ2n) is 5.78. The number of rotatable bonds is 5. The van der Waals surface area contributed by atoms with Gasteiger partial charge in [-0.05, 0) is 44.0 Å². The maximum absolute atomic E-state index is 12.8. The minimum Gasteiger partial charge on any atom is -0.351 e. The molecule has 0 spiro atoms. The van der Waals surface area contributed by atoms with E-state index in [1.807, 2.05) is 13.0 Å². The molecule has 1 heterocycles. The molecule has 6 nitrogen and oxygen atoms in total. The van der Waals surface area contributed by atoms with Gasteiger partial charge in [-0.25, -0.2) is 4.98 Å². The standard InChI is InChI=1S/C19H19ClN4O2/c1-4-9-22-19(26)17-13(7-6-12(3)23-17)18(25)24-16-11(2)5-8-15(20)14(16)10-21/h5-8H,4,9H2,1-3H3,(H,22,26)(H,24,25). The highest BCUT2D eigenvalue weighted by Gasteiger charge is 2.21. The Kier molecular flexibility index (Phi) is 6.31. The van der Waals surface area contributed by atoms with Crippen molar-refractivity contribution in [2.75, 3.05) is 11.9 Å². The van der Waals surface area contributed by atoms with E-state index in [0.717, 1.165) is 6.42 Å². The van der Waals surface area contributed by atoms with Crippen molar-refractivity contribution in [3.63, 3.8) is 0 Å². The molecule has 1 aromatic heterocycles. The fourth-order valence-electron chi connectivity index (χ4n) is 2.37. The minimum absolute atomic E-state index is 0.0501. The number of amides is 2. The number of aryl methyl sites for hydroxylation is 2. The van der Waals surface area contributed by atoms with Gasteiger partial charge in [-0.2, -0.15) is 5.26 Å². The Morgan fingerprint density at radius 2 is 1.92 bits per heavy atom. The van der Waals surface area contributed by atoms with Crippen LogP contribution in [0, 0.1) is 25.2 Å². The Morgan fingerprint density at radius 1 is 1.19 bits per heavy atom. The van der Waals surface area contributed by atoms with Gasteiger partial charge < -0.3 is 10.6 Å². The highest BCUT2D eigenvalue weighted by Crippen LogP contribution is 2.28. The number of aromatic nitrogens is 1. The summed E-state index contributed by atoms with van der Waals surface area (Å²) in [5.41, 5.74) is 2.00. The zero-order chi connectivity index (χ0) is 19.3. The number of nitrogens with one attached hydrogen (secondary N) is 2. The van der Waals surface area contributed by atoms with E-state index in [-0.39, 0.29) is 21.8 Å². The average molecular weight is 371 g/mol. The summed E-state index contributed by atoms with van der Waals surface area (Å²) in [7, 11) is 0. The van der Waals surface area contributed by atoms with E-state index >= 15 is 0 Å². The first-order chi connectivity index (χ1) is 12.4. The van der Waals surface area contributed by atoms with Crippen LogP contribution in [-0.2, 0) is 0 Å². The molecule has 2 amide bonds. The highest BCUT2D eigenvalue weighted by atomic mass is 35.5. The molecule has 0 fully saturated rings. The normalized spacial score (nSPS) is 10.1. The summed E-state index contributed by atoms with van der Waals surface area (Å²) in [5.74, 6) is -0.940. The third-order valence-corrected chi connectivity index (χ3v) is 4.06. The number of carbonyl (C=O) groups excluding carboxylic acids is 2. The second kappa shape index (κ2) is 8.45. The fourth-order valence-corrected chi connectivity index (χ4v) is 2.57. The van der Waals surface area contributed by atoms with Gasteiger partial charge in [0.25, 0.3) is 11.8 Å². The number of halogens is 1. The monoisotopic (exact) mass is 370 g/mol. The Balaban J connectivity index is 2.42. The number of nitriles is 1. The first-order valence-corrected chi connectivity index (χ1v) is 8.53. The molecule has 0 atom stereocenters. The van der Waals surface area contributed by atoms with E-state index in [0.29, 0.717) is 23.5 Å². The summed E-state index contributed by atoms with van der Waals surface area (Å²) in [6, 6.07) is 8.50. The summed E-state index contributed by atoms with van der Waals surface area (Å²) < 4.78 is 0. The van der Waals surface area contributed by atoms with Crippen molar-refractivity contribution < 1.29 is 9.59 Å². The summed E-state index contributed by atoms with van der Waals surface area (Å²) in [4.78, 5) is 29.3. The minimum atomic E-state index is -0.527. The molecular formula is C19H19ClN4O2. The highest BCUT2D eigenvalue weighted by molar-refractivity contribution is 6.32. The van der Waals surface area contributed by atoms with Crippen molar-refractivity contribution in [2.45, 2.75) is 27.2 Å². The quantitative estimate of drug-likeness (QED) is 0.840. The van der Waals surface area contributed by atoms with Crippen molar-refractivity contribution in [1.82, 2.24) is 10.3 Å². The second-order valence-corrected chi connectivity index (χ2v) is 6.19. The first kappa shape index (κ1) is 19.4. The molecule has 2 rings (SSSR count). The third-order valence-electron chi connectivity index (χ3n) is 3.74. The molecule has 0 aliphatic rings. The molecule has 2 N–H and O–H groups in total. The summed E-state index contributed by atoms with van der Waals surface area (Å²) in [6.07, 6.45) is 0.770. The predicted octanol–water partition coefficient (Wildman–Crippen LogP) is 3.62. The van der Waals surface area contributed by atoms with E-state index in [2.05, 4.69) is 15.6 Å². The van der Waals surface area contributed by atoms with Gasteiger partial charge >= 0.3 is 0 Å². The molecule has 134 valence electrons. The Bertz CT molecular complexity index is 903. The maximum atomic E-state index is 12.8. The van der Waals surface area contributed by atoms with Crippen LogP contribution in [0.4, 0.5) is 5.69 Å². The largest absolute Gasteiger partial charge is 0.351 e. The van der Waals surface area contributed by atoms with Crippen LogP contribution in [0.25, 0.3) is 0 Å². The van der Waals surface area contributed by atoms with E-state index in [4.69, 9.17) is 11.6 Å². The van der Waals surface area contributed by atoms with Gasteiger partial charge in [-0.15, -0.1) is 0 Å². The van der Waals surface area contributed by atoms with Crippen molar-refractivity contribution in [1.29, 1.82) is 5.26 Å². The molecule has 0 saturated heterocycles. The summed E-state index contributed by atoms with van der Waals surface area (Å²) in [6.45, 7) is 5.92. The molecule has 7 heteroatoms. The van der Waals surface area contributed by atoms with Crippen LogP contribution in [0.5, 0.6) is 0 Å². The van der Waals surface area contributed by atoms with Crippen LogP contribution in [-0.4, -0.2) is 23.3 Å². The van der Waals surface area contributed by atoms with Crippen LogP contribution < -0.4 is 10.6 Å². The molecule has 0 bridgehead atoms. The third kappa shape index (κ3) is 4.19. The van der Waals surface area contributed by atoms with E-state index in [1.54, 1.807) is 38.1 Å². The number of hydrogen-bond acceptors (Lipinski definition) is 4. The van der Waals surface area contributed by atoms with Gasteiger partial charge in [-0.1, -0.05) is 24.6 Å².